The van der Waals surface area contributed by atoms with Crippen molar-refractivity contribution >= 4 is 0 Å². The summed E-state index contributed by atoms with van der Waals surface area (Å²) in [6, 6.07) is 4.67. The average molecular weight is 226 g/mol. The Balaban J connectivity index is 2.52. The van der Waals surface area contributed by atoms with Crippen LogP contribution in [0.1, 0.15) is 25.0 Å². The molecule has 1 aromatic carbocycles. The van der Waals surface area contributed by atoms with Crippen molar-refractivity contribution in [2.24, 2.45) is 5.41 Å². The van der Waals surface area contributed by atoms with Crippen LogP contribution in [0.3, 0.4) is 0 Å². The Bertz CT molecular complexity index is 348. The number of ether oxygens (including phenoxy) is 1. The van der Waals surface area contributed by atoms with Crippen LogP contribution in [0.15, 0.2) is 18.2 Å². The Morgan fingerprint density at radius 3 is 2.69 bits per heavy atom. The summed E-state index contributed by atoms with van der Waals surface area (Å²) in [6.45, 7) is 6.69. The monoisotopic (exact) mass is 226 g/mol. The van der Waals surface area contributed by atoms with Gasteiger partial charge in [0.25, 0.3) is 0 Å². The zero-order valence-corrected chi connectivity index (χ0v) is 10.1. The van der Waals surface area contributed by atoms with Gasteiger partial charge in [-0.3, -0.25) is 0 Å². The first-order chi connectivity index (χ1) is 7.44. The van der Waals surface area contributed by atoms with Crippen molar-refractivity contribution in [1.82, 2.24) is 0 Å². The molecule has 0 heterocycles. The molecule has 0 fully saturated rings. The third-order valence-electron chi connectivity index (χ3n) is 2.49. The van der Waals surface area contributed by atoms with Crippen molar-refractivity contribution in [2.45, 2.75) is 27.4 Å². The summed E-state index contributed by atoms with van der Waals surface area (Å²) < 4.78 is 18.5. The van der Waals surface area contributed by atoms with Crippen molar-refractivity contribution in [3.63, 3.8) is 0 Å². The van der Waals surface area contributed by atoms with Crippen LogP contribution < -0.4 is 0 Å². The number of aryl methyl sites for hydroxylation is 1. The van der Waals surface area contributed by atoms with Crippen LogP contribution >= 0.6 is 0 Å². The molecule has 0 saturated carbocycles. The Hall–Kier alpha value is -0.930. The van der Waals surface area contributed by atoms with Crippen molar-refractivity contribution in [3.05, 3.63) is 35.1 Å². The molecule has 0 amide bonds. The molecule has 2 nitrogen and oxygen atoms in total. The van der Waals surface area contributed by atoms with Crippen molar-refractivity contribution in [1.29, 1.82) is 0 Å². The molecule has 0 aromatic heterocycles. The fraction of sp³-hybridized carbons (Fsp3) is 0.538. The largest absolute Gasteiger partial charge is 0.396 e. The Morgan fingerprint density at radius 1 is 1.38 bits per heavy atom. The maximum Gasteiger partial charge on any atom is 0.123 e. The van der Waals surface area contributed by atoms with Gasteiger partial charge in [-0.1, -0.05) is 19.9 Å². The zero-order valence-electron chi connectivity index (χ0n) is 10.1. The second-order valence-corrected chi connectivity index (χ2v) is 4.89. The van der Waals surface area contributed by atoms with Crippen LogP contribution in [0.5, 0.6) is 0 Å². The molecule has 0 saturated heterocycles. The first-order valence-electron chi connectivity index (χ1n) is 5.38. The maximum atomic E-state index is 13.0. The lowest BCUT2D eigenvalue weighted by Crippen LogP contribution is -2.23. The van der Waals surface area contributed by atoms with Crippen molar-refractivity contribution < 1.29 is 14.2 Å². The predicted molar refractivity (Wildman–Crippen MR) is 61.7 cm³/mol. The Labute approximate surface area is 96.1 Å². The second-order valence-electron chi connectivity index (χ2n) is 4.89. The van der Waals surface area contributed by atoms with Gasteiger partial charge in [0.1, 0.15) is 5.82 Å². The van der Waals surface area contributed by atoms with E-state index in [0.29, 0.717) is 13.2 Å². The lowest BCUT2D eigenvalue weighted by Gasteiger charge is -2.21. The summed E-state index contributed by atoms with van der Waals surface area (Å²) in [6.07, 6.45) is 0. The molecular formula is C13H19FO2. The Morgan fingerprint density at radius 2 is 2.06 bits per heavy atom. The number of halogens is 1. The van der Waals surface area contributed by atoms with Gasteiger partial charge < -0.3 is 9.84 Å². The minimum Gasteiger partial charge on any atom is -0.396 e. The first kappa shape index (κ1) is 13.1. The van der Waals surface area contributed by atoms with Gasteiger partial charge in [0.15, 0.2) is 0 Å². The number of hydrogen-bond donors (Lipinski definition) is 1. The SMILES string of the molecule is Cc1ccc(F)cc1COCC(C)(C)CO. The number of hydrogen-bond acceptors (Lipinski definition) is 2. The summed E-state index contributed by atoms with van der Waals surface area (Å²) >= 11 is 0. The lowest BCUT2D eigenvalue weighted by atomic mass is 9.96. The normalized spacial score (nSPS) is 11.8. The highest BCUT2D eigenvalue weighted by molar-refractivity contribution is 5.25. The van der Waals surface area contributed by atoms with Gasteiger partial charge in [0.05, 0.1) is 19.8 Å². The van der Waals surface area contributed by atoms with E-state index in [9.17, 15) is 4.39 Å². The smallest absolute Gasteiger partial charge is 0.123 e. The first-order valence-corrected chi connectivity index (χ1v) is 5.38. The molecule has 0 spiro atoms. The minimum absolute atomic E-state index is 0.0785. The van der Waals surface area contributed by atoms with Crippen LogP contribution in [0, 0.1) is 18.2 Å². The molecule has 0 aliphatic carbocycles. The average Bonchev–Trinajstić information content (AvgIpc) is 2.23. The Kier molecular flexibility index (Phi) is 4.44. The van der Waals surface area contributed by atoms with Gasteiger partial charge in [-0.25, -0.2) is 4.39 Å². The number of rotatable bonds is 5. The van der Waals surface area contributed by atoms with Crippen LogP contribution in [0.4, 0.5) is 4.39 Å². The minimum atomic E-state index is -0.249. The summed E-state index contributed by atoms with van der Waals surface area (Å²) in [7, 11) is 0. The summed E-state index contributed by atoms with van der Waals surface area (Å²) in [5.41, 5.74) is 1.62. The second kappa shape index (κ2) is 5.41. The maximum absolute atomic E-state index is 13.0. The van der Waals surface area contributed by atoms with E-state index in [1.165, 1.54) is 12.1 Å². The van der Waals surface area contributed by atoms with E-state index >= 15 is 0 Å². The molecule has 0 aliphatic heterocycles. The van der Waals surface area contributed by atoms with Gasteiger partial charge in [-0.2, -0.15) is 0 Å². The van der Waals surface area contributed by atoms with E-state index in [1.807, 2.05) is 20.8 Å². The van der Waals surface area contributed by atoms with Crippen LogP contribution in [0.2, 0.25) is 0 Å². The highest BCUT2D eigenvalue weighted by Gasteiger charge is 2.16. The van der Waals surface area contributed by atoms with E-state index in [0.717, 1.165) is 11.1 Å². The van der Waals surface area contributed by atoms with Gasteiger partial charge in [-0.15, -0.1) is 0 Å². The highest BCUT2D eigenvalue weighted by atomic mass is 19.1. The van der Waals surface area contributed by atoms with Crippen LogP contribution in [-0.4, -0.2) is 18.3 Å². The molecule has 1 aromatic rings. The molecule has 0 atom stereocenters. The van der Waals surface area contributed by atoms with Crippen molar-refractivity contribution in [2.75, 3.05) is 13.2 Å². The topological polar surface area (TPSA) is 29.5 Å². The van der Waals surface area contributed by atoms with Gasteiger partial charge in [0, 0.05) is 5.41 Å². The standard InChI is InChI=1S/C13H19FO2/c1-10-4-5-12(14)6-11(10)7-16-9-13(2,3)8-15/h4-6,15H,7-9H2,1-3H3. The number of benzene rings is 1. The van der Waals surface area contributed by atoms with E-state index in [-0.39, 0.29) is 17.8 Å². The molecular weight excluding hydrogens is 207 g/mol. The quantitative estimate of drug-likeness (QED) is 0.836. The third-order valence-corrected chi connectivity index (χ3v) is 2.49. The fourth-order valence-electron chi connectivity index (χ4n) is 1.28. The molecule has 16 heavy (non-hydrogen) atoms. The van der Waals surface area contributed by atoms with Gasteiger partial charge in [0.2, 0.25) is 0 Å². The molecule has 90 valence electrons. The number of aliphatic hydroxyl groups excluding tert-OH is 1. The third kappa shape index (κ3) is 3.91. The molecule has 1 N–H and O–H groups in total. The van der Waals surface area contributed by atoms with Crippen LogP contribution in [-0.2, 0) is 11.3 Å². The van der Waals surface area contributed by atoms with E-state index in [4.69, 9.17) is 9.84 Å². The van der Waals surface area contributed by atoms with E-state index < -0.39 is 0 Å². The van der Waals surface area contributed by atoms with E-state index in [2.05, 4.69) is 0 Å². The van der Waals surface area contributed by atoms with Crippen molar-refractivity contribution in [3.8, 4) is 0 Å². The molecule has 0 radical (unpaired) electrons. The fourth-order valence-corrected chi connectivity index (χ4v) is 1.28. The molecule has 1 rings (SSSR count). The number of aliphatic hydroxyl groups is 1. The zero-order chi connectivity index (χ0) is 12.2. The summed E-state index contributed by atoms with van der Waals surface area (Å²) in [5.74, 6) is -0.245. The molecule has 0 aliphatic rings. The highest BCUT2D eigenvalue weighted by Crippen LogP contribution is 2.16. The van der Waals surface area contributed by atoms with E-state index in [1.54, 1.807) is 6.07 Å². The predicted octanol–water partition coefficient (Wildman–Crippen LogP) is 2.67. The van der Waals surface area contributed by atoms with Crippen LogP contribution in [0.25, 0.3) is 0 Å². The lowest BCUT2D eigenvalue weighted by molar-refractivity contribution is 0.0195. The molecule has 0 unspecified atom stereocenters. The summed E-state index contributed by atoms with van der Waals surface area (Å²) in [5, 5.41) is 9.05. The summed E-state index contributed by atoms with van der Waals surface area (Å²) in [4.78, 5) is 0. The molecule has 3 heteroatoms. The van der Waals surface area contributed by atoms with Gasteiger partial charge >= 0.3 is 0 Å². The molecule has 0 bridgehead atoms. The van der Waals surface area contributed by atoms with Gasteiger partial charge in [-0.05, 0) is 30.2 Å².